The van der Waals surface area contributed by atoms with Gasteiger partial charge in [-0.3, -0.25) is 0 Å². The molecule has 0 aliphatic rings. The summed E-state index contributed by atoms with van der Waals surface area (Å²) in [6.07, 6.45) is 0. The van der Waals surface area contributed by atoms with Crippen LogP contribution in [0.25, 0.3) is 10.9 Å². The van der Waals surface area contributed by atoms with E-state index in [1.165, 1.54) is 28.2 Å². The van der Waals surface area contributed by atoms with E-state index < -0.39 is 0 Å². The van der Waals surface area contributed by atoms with Gasteiger partial charge in [0.1, 0.15) is 5.82 Å². The Morgan fingerprint density at radius 1 is 1.19 bits per heavy atom. The van der Waals surface area contributed by atoms with E-state index in [-0.39, 0.29) is 5.82 Å². The van der Waals surface area contributed by atoms with Gasteiger partial charge >= 0.3 is 0 Å². The minimum atomic E-state index is -0.249. The molecule has 3 rings (SSSR count). The van der Waals surface area contributed by atoms with Crippen LogP contribution in [0.4, 0.5) is 10.1 Å². The Morgan fingerprint density at radius 2 is 1.95 bits per heavy atom. The standard InChI is InChI=1S/C17H16BrFN2/c1-11-13-5-3-4-6-16(13)21(2)17(11)10-20-15-8-7-12(18)9-14(15)19/h3-9,20H,10H2,1-2H3. The van der Waals surface area contributed by atoms with Crippen molar-refractivity contribution in [1.29, 1.82) is 0 Å². The smallest absolute Gasteiger partial charge is 0.147 e. The Hall–Kier alpha value is -1.81. The zero-order valence-corrected chi connectivity index (χ0v) is 13.5. The van der Waals surface area contributed by atoms with Gasteiger partial charge in [-0.1, -0.05) is 34.1 Å². The fraction of sp³-hybridized carbons (Fsp3) is 0.176. The third-order valence-corrected chi connectivity index (χ3v) is 4.38. The maximum Gasteiger partial charge on any atom is 0.147 e. The van der Waals surface area contributed by atoms with Crippen LogP contribution in [0.1, 0.15) is 11.3 Å². The van der Waals surface area contributed by atoms with Crippen LogP contribution in [0.2, 0.25) is 0 Å². The number of hydrogen-bond acceptors (Lipinski definition) is 1. The quantitative estimate of drug-likeness (QED) is 0.706. The van der Waals surface area contributed by atoms with Gasteiger partial charge in [-0.05, 0) is 36.8 Å². The van der Waals surface area contributed by atoms with Crippen LogP contribution in [0.3, 0.4) is 0 Å². The third-order valence-electron chi connectivity index (χ3n) is 3.88. The number of para-hydroxylation sites is 1. The molecule has 0 unspecified atom stereocenters. The highest BCUT2D eigenvalue weighted by Crippen LogP contribution is 2.26. The Bertz CT molecular complexity index is 769. The van der Waals surface area contributed by atoms with E-state index in [4.69, 9.17) is 0 Å². The average Bonchev–Trinajstić information content (AvgIpc) is 2.71. The van der Waals surface area contributed by atoms with Crippen LogP contribution in [-0.2, 0) is 13.6 Å². The fourth-order valence-electron chi connectivity index (χ4n) is 2.70. The summed E-state index contributed by atoms with van der Waals surface area (Å²) >= 11 is 3.27. The molecule has 1 aromatic heterocycles. The Labute approximate surface area is 131 Å². The van der Waals surface area contributed by atoms with Crippen LogP contribution in [-0.4, -0.2) is 4.57 Å². The number of nitrogens with one attached hydrogen (secondary N) is 1. The summed E-state index contributed by atoms with van der Waals surface area (Å²) in [5, 5.41) is 4.43. The van der Waals surface area contributed by atoms with E-state index in [0.717, 1.165) is 4.47 Å². The van der Waals surface area contributed by atoms with Crippen molar-refractivity contribution in [2.24, 2.45) is 7.05 Å². The van der Waals surface area contributed by atoms with Crippen LogP contribution >= 0.6 is 15.9 Å². The number of aryl methyl sites for hydroxylation is 2. The lowest BCUT2D eigenvalue weighted by molar-refractivity contribution is 0.629. The van der Waals surface area contributed by atoms with Crippen molar-refractivity contribution in [3.05, 3.63) is 64.0 Å². The molecule has 0 aliphatic heterocycles. The zero-order valence-electron chi connectivity index (χ0n) is 12.0. The summed E-state index contributed by atoms with van der Waals surface area (Å²) in [7, 11) is 2.05. The predicted octanol–water partition coefficient (Wildman–Crippen LogP) is 5.00. The monoisotopic (exact) mass is 346 g/mol. The van der Waals surface area contributed by atoms with Crippen LogP contribution < -0.4 is 5.32 Å². The van der Waals surface area contributed by atoms with E-state index in [1.807, 2.05) is 25.2 Å². The maximum atomic E-state index is 13.9. The number of nitrogens with zero attached hydrogens (tertiary/aromatic N) is 1. The molecule has 0 spiro atoms. The van der Waals surface area contributed by atoms with Crippen molar-refractivity contribution in [3.63, 3.8) is 0 Å². The number of fused-ring (bicyclic) bond motifs is 1. The second kappa shape index (κ2) is 5.53. The highest BCUT2D eigenvalue weighted by Gasteiger charge is 2.11. The van der Waals surface area contributed by atoms with Crippen LogP contribution in [0, 0.1) is 12.7 Å². The predicted molar refractivity (Wildman–Crippen MR) is 89.1 cm³/mol. The first-order valence-corrected chi connectivity index (χ1v) is 7.59. The van der Waals surface area contributed by atoms with Crippen LogP contribution in [0.5, 0.6) is 0 Å². The molecule has 21 heavy (non-hydrogen) atoms. The molecule has 0 saturated heterocycles. The molecule has 1 heterocycles. The molecule has 0 bridgehead atoms. The molecule has 0 fully saturated rings. The number of anilines is 1. The number of aromatic nitrogens is 1. The molecular weight excluding hydrogens is 331 g/mol. The van der Waals surface area contributed by atoms with E-state index in [2.05, 4.69) is 44.9 Å². The van der Waals surface area contributed by atoms with Crippen molar-refractivity contribution < 1.29 is 4.39 Å². The van der Waals surface area contributed by atoms with E-state index in [1.54, 1.807) is 6.07 Å². The number of benzene rings is 2. The lowest BCUT2D eigenvalue weighted by Crippen LogP contribution is -2.07. The molecule has 0 aliphatic carbocycles. The fourth-order valence-corrected chi connectivity index (χ4v) is 3.03. The van der Waals surface area contributed by atoms with Gasteiger partial charge in [0.2, 0.25) is 0 Å². The van der Waals surface area contributed by atoms with E-state index in [9.17, 15) is 4.39 Å². The van der Waals surface area contributed by atoms with Crippen molar-refractivity contribution >= 4 is 32.5 Å². The second-order valence-corrected chi connectivity index (χ2v) is 6.04. The number of rotatable bonds is 3. The molecule has 0 amide bonds. The topological polar surface area (TPSA) is 17.0 Å². The lowest BCUT2D eigenvalue weighted by atomic mass is 10.1. The Morgan fingerprint density at radius 3 is 2.67 bits per heavy atom. The molecule has 2 aromatic carbocycles. The first-order valence-electron chi connectivity index (χ1n) is 6.79. The third kappa shape index (κ3) is 2.56. The minimum Gasteiger partial charge on any atom is -0.377 e. The normalized spacial score (nSPS) is 11.0. The van der Waals surface area contributed by atoms with Gasteiger partial charge in [-0.15, -0.1) is 0 Å². The molecule has 1 N–H and O–H groups in total. The van der Waals surface area contributed by atoms with E-state index >= 15 is 0 Å². The maximum absolute atomic E-state index is 13.9. The summed E-state index contributed by atoms with van der Waals surface area (Å²) in [5.41, 5.74) is 4.11. The minimum absolute atomic E-state index is 0.249. The molecule has 2 nitrogen and oxygen atoms in total. The van der Waals surface area contributed by atoms with Gasteiger partial charge in [0.15, 0.2) is 0 Å². The highest BCUT2D eigenvalue weighted by molar-refractivity contribution is 9.10. The summed E-state index contributed by atoms with van der Waals surface area (Å²) in [4.78, 5) is 0. The second-order valence-electron chi connectivity index (χ2n) is 5.13. The van der Waals surface area contributed by atoms with Crippen molar-refractivity contribution in [1.82, 2.24) is 4.57 Å². The Balaban J connectivity index is 1.92. The molecule has 0 radical (unpaired) electrons. The largest absolute Gasteiger partial charge is 0.377 e. The van der Waals surface area contributed by atoms with Gasteiger partial charge in [0.25, 0.3) is 0 Å². The van der Waals surface area contributed by atoms with Crippen molar-refractivity contribution in [3.8, 4) is 0 Å². The van der Waals surface area contributed by atoms with Gasteiger partial charge in [0, 0.05) is 28.1 Å². The summed E-state index contributed by atoms with van der Waals surface area (Å²) in [5.74, 6) is -0.249. The highest BCUT2D eigenvalue weighted by atomic mass is 79.9. The van der Waals surface area contributed by atoms with Crippen molar-refractivity contribution in [2.75, 3.05) is 5.32 Å². The lowest BCUT2D eigenvalue weighted by Gasteiger charge is -2.10. The first-order chi connectivity index (χ1) is 10.1. The summed E-state index contributed by atoms with van der Waals surface area (Å²) < 4.78 is 16.8. The van der Waals surface area contributed by atoms with E-state index in [0.29, 0.717) is 12.2 Å². The molecule has 108 valence electrons. The average molecular weight is 347 g/mol. The summed E-state index contributed by atoms with van der Waals surface area (Å²) in [6.45, 7) is 2.70. The number of hydrogen-bond donors (Lipinski definition) is 1. The van der Waals surface area contributed by atoms with Gasteiger partial charge in [0.05, 0.1) is 12.2 Å². The molecule has 3 aromatic rings. The van der Waals surface area contributed by atoms with Crippen molar-refractivity contribution in [2.45, 2.75) is 13.5 Å². The molecular formula is C17H16BrFN2. The first kappa shape index (κ1) is 14.1. The van der Waals surface area contributed by atoms with Gasteiger partial charge in [-0.2, -0.15) is 0 Å². The Kier molecular flexibility index (Phi) is 3.72. The van der Waals surface area contributed by atoms with Gasteiger partial charge in [-0.25, -0.2) is 4.39 Å². The summed E-state index contributed by atoms with van der Waals surface area (Å²) in [6, 6.07) is 13.3. The molecule has 0 atom stereocenters. The van der Waals surface area contributed by atoms with Crippen LogP contribution in [0.15, 0.2) is 46.9 Å². The van der Waals surface area contributed by atoms with Gasteiger partial charge < -0.3 is 9.88 Å². The molecule has 4 heteroatoms. The zero-order chi connectivity index (χ0) is 15.0. The molecule has 0 saturated carbocycles. The SMILES string of the molecule is Cc1c(CNc2ccc(Br)cc2F)n(C)c2ccccc12. The number of halogens is 2.